The van der Waals surface area contributed by atoms with E-state index in [-0.39, 0.29) is 0 Å². The lowest BCUT2D eigenvalue weighted by atomic mass is 10.1. The Morgan fingerprint density at radius 3 is 2.62 bits per heavy atom. The van der Waals surface area contributed by atoms with Gasteiger partial charge in [0.1, 0.15) is 0 Å². The smallest absolute Gasteiger partial charge is 0.233 e. The number of halogens is 1. The number of aromatic nitrogens is 3. The monoisotopic (exact) mass is 299 g/mol. The molecule has 2 aromatic heterocycles. The maximum atomic E-state index is 5.95. The molecule has 0 radical (unpaired) electrons. The standard InChI is InChI=1S/C16H14ClN3O/c1-2-21-16-11-14(12-6-8-13(17)9-7-12)20(19-16)15-5-3-4-10-18-15/h3-11H,2H2,1H3. The van der Waals surface area contributed by atoms with Gasteiger partial charge in [-0.2, -0.15) is 0 Å². The molecule has 0 unspecified atom stereocenters. The summed E-state index contributed by atoms with van der Waals surface area (Å²) in [7, 11) is 0. The molecule has 0 bridgehead atoms. The maximum absolute atomic E-state index is 5.95. The summed E-state index contributed by atoms with van der Waals surface area (Å²) < 4.78 is 7.28. The van der Waals surface area contributed by atoms with Crippen molar-refractivity contribution in [3.05, 3.63) is 59.8 Å². The molecule has 0 spiro atoms. The Hall–Kier alpha value is -2.33. The summed E-state index contributed by atoms with van der Waals surface area (Å²) in [6, 6.07) is 15.2. The minimum atomic E-state index is 0.569. The van der Waals surface area contributed by atoms with Gasteiger partial charge < -0.3 is 4.74 Å². The molecule has 0 N–H and O–H groups in total. The van der Waals surface area contributed by atoms with E-state index in [2.05, 4.69) is 10.1 Å². The quantitative estimate of drug-likeness (QED) is 0.731. The number of benzene rings is 1. The van der Waals surface area contributed by atoms with Crippen LogP contribution >= 0.6 is 11.6 Å². The highest BCUT2D eigenvalue weighted by Crippen LogP contribution is 2.27. The number of hydrogen-bond acceptors (Lipinski definition) is 3. The van der Waals surface area contributed by atoms with Crippen LogP contribution in [0.25, 0.3) is 17.1 Å². The summed E-state index contributed by atoms with van der Waals surface area (Å²) in [5.74, 6) is 1.32. The van der Waals surface area contributed by atoms with Gasteiger partial charge in [0.25, 0.3) is 0 Å². The predicted molar refractivity (Wildman–Crippen MR) is 83.0 cm³/mol. The summed E-state index contributed by atoms with van der Waals surface area (Å²) in [6.07, 6.45) is 1.74. The molecular formula is C16H14ClN3O. The number of rotatable bonds is 4. The third-order valence-electron chi connectivity index (χ3n) is 2.99. The van der Waals surface area contributed by atoms with E-state index in [1.165, 1.54) is 0 Å². The third-order valence-corrected chi connectivity index (χ3v) is 3.24. The van der Waals surface area contributed by atoms with Gasteiger partial charge in [-0.1, -0.05) is 29.8 Å². The minimum absolute atomic E-state index is 0.569. The highest BCUT2D eigenvalue weighted by molar-refractivity contribution is 6.30. The van der Waals surface area contributed by atoms with Crippen molar-refractivity contribution < 1.29 is 4.74 Å². The zero-order chi connectivity index (χ0) is 14.7. The summed E-state index contributed by atoms with van der Waals surface area (Å²) in [5.41, 5.74) is 1.91. The summed E-state index contributed by atoms with van der Waals surface area (Å²) in [5, 5.41) is 5.17. The van der Waals surface area contributed by atoms with Crippen LogP contribution in [0, 0.1) is 0 Å². The van der Waals surface area contributed by atoms with Crippen LogP contribution in [0.1, 0.15) is 6.92 Å². The van der Waals surface area contributed by atoms with Gasteiger partial charge in [-0.25, -0.2) is 9.67 Å². The van der Waals surface area contributed by atoms with Crippen LogP contribution in [-0.2, 0) is 0 Å². The molecule has 4 nitrogen and oxygen atoms in total. The van der Waals surface area contributed by atoms with E-state index >= 15 is 0 Å². The Morgan fingerprint density at radius 1 is 1.14 bits per heavy atom. The van der Waals surface area contributed by atoms with Crippen LogP contribution in [0.5, 0.6) is 5.88 Å². The van der Waals surface area contributed by atoms with Gasteiger partial charge >= 0.3 is 0 Å². The van der Waals surface area contributed by atoms with Crippen LogP contribution in [-0.4, -0.2) is 21.4 Å². The largest absolute Gasteiger partial charge is 0.477 e. The van der Waals surface area contributed by atoms with Crippen LogP contribution < -0.4 is 4.74 Å². The van der Waals surface area contributed by atoms with E-state index in [0.717, 1.165) is 17.1 Å². The number of nitrogens with zero attached hydrogens (tertiary/aromatic N) is 3. The van der Waals surface area contributed by atoms with Crippen molar-refractivity contribution in [2.45, 2.75) is 6.92 Å². The normalized spacial score (nSPS) is 10.6. The molecule has 0 aliphatic rings. The maximum Gasteiger partial charge on any atom is 0.233 e. The van der Waals surface area contributed by atoms with Crippen LogP contribution in [0.3, 0.4) is 0 Å². The van der Waals surface area contributed by atoms with E-state index in [1.54, 1.807) is 10.9 Å². The van der Waals surface area contributed by atoms with Gasteiger partial charge in [0.05, 0.1) is 12.3 Å². The van der Waals surface area contributed by atoms with Gasteiger partial charge in [-0.15, -0.1) is 5.10 Å². The Balaban J connectivity index is 2.11. The van der Waals surface area contributed by atoms with Gasteiger partial charge in [0.15, 0.2) is 5.82 Å². The summed E-state index contributed by atoms with van der Waals surface area (Å²) in [6.45, 7) is 2.50. The molecule has 1 aromatic carbocycles. The average Bonchev–Trinajstić information content (AvgIpc) is 2.93. The first-order chi connectivity index (χ1) is 10.3. The molecule has 0 saturated heterocycles. The molecule has 106 valence electrons. The van der Waals surface area contributed by atoms with E-state index < -0.39 is 0 Å². The fourth-order valence-electron chi connectivity index (χ4n) is 2.06. The van der Waals surface area contributed by atoms with Crippen molar-refractivity contribution in [2.24, 2.45) is 0 Å². The highest BCUT2D eigenvalue weighted by atomic mass is 35.5. The lowest BCUT2D eigenvalue weighted by molar-refractivity contribution is 0.324. The molecule has 0 saturated carbocycles. The van der Waals surface area contributed by atoms with E-state index in [4.69, 9.17) is 16.3 Å². The van der Waals surface area contributed by atoms with Crippen molar-refractivity contribution >= 4 is 11.6 Å². The lowest BCUT2D eigenvalue weighted by Gasteiger charge is -2.06. The first-order valence-electron chi connectivity index (χ1n) is 6.68. The topological polar surface area (TPSA) is 39.9 Å². The molecule has 5 heteroatoms. The van der Waals surface area contributed by atoms with E-state index in [0.29, 0.717) is 17.5 Å². The zero-order valence-electron chi connectivity index (χ0n) is 11.5. The Morgan fingerprint density at radius 2 is 1.95 bits per heavy atom. The Bertz CT molecular complexity index is 723. The molecule has 0 amide bonds. The van der Waals surface area contributed by atoms with Gasteiger partial charge in [-0.05, 0) is 31.2 Å². The molecule has 3 aromatic rings. The fourth-order valence-corrected chi connectivity index (χ4v) is 2.18. The molecule has 0 atom stereocenters. The van der Waals surface area contributed by atoms with Crippen LogP contribution in [0.15, 0.2) is 54.7 Å². The SMILES string of the molecule is CCOc1cc(-c2ccc(Cl)cc2)n(-c2ccccn2)n1. The molecule has 3 rings (SSSR count). The zero-order valence-corrected chi connectivity index (χ0v) is 12.3. The Labute approximate surface area is 128 Å². The van der Waals surface area contributed by atoms with Gasteiger partial charge in [0, 0.05) is 22.8 Å². The van der Waals surface area contributed by atoms with Crippen molar-refractivity contribution in [3.63, 3.8) is 0 Å². The Kier molecular flexibility index (Phi) is 3.88. The number of hydrogen-bond donors (Lipinski definition) is 0. The first kappa shape index (κ1) is 13.6. The second-order valence-corrected chi connectivity index (χ2v) is 4.84. The van der Waals surface area contributed by atoms with Crippen molar-refractivity contribution in [1.29, 1.82) is 0 Å². The number of pyridine rings is 1. The van der Waals surface area contributed by atoms with Crippen molar-refractivity contribution in [1.82, 2.24) is 14.8 Å². The molecular weight excluding hydrogens is 286 g/mol. The lowest BCUT2D eigenvalue weighted by Crippen LogP contribution is -2.01. The second kappa shape index (κ2) is 5.97. The van der Waals surface area contributed by atoms with Gasteiger partial charge in [0.2, 0.25) is 5.88 Å². The third kappa shape index (κ3) is 2.90. The highest BCUT2D eigenvalue weighted by Gasteiger charge is 2.13. The molecule has 2 heterocycles. The summed E-state index contributed by atoms with van der Waals surface area (Å²) in [4.78, 5) is 4.35. The van der Waals surface area contributed by atoms with E-state index in [1.807, 2.05) is 55.5 Å². The van der Waals surface area contributed by atoms with E-state index in [9.17, 15) is 0 Å². The molecule has 21 heavy (non-hydrogen) atoms. The number of ether oxygens (including phenoxy) is 1. The van der Waals surface area contributed by atoms with Crippen molar-refractivity contribution in [3.8, 4) is 23.0 Å². The van der Waals surface area contributed by atoms with Crippen molar-refractivity contribution in [2.75, 3.05) is 6.61 Å². The molecule has 0 aliphatic heterocycles. The summed E-state index contributed by atoms with van der Waals surface area (Å²) >= 11 is 5.95. The average molecular weight is 300 g/mol. The predicted octanol–water partition coefficient (Wildman–Crippen LogP) is 3.99. The molecule has 0 aliphatic carbocycles. The van der Waals surface area contributed by atoms with Crippen LogP contribution in [0.2, 0.25) is 5.02 Å². The fraction of sp³-hybridized carbons (Fsp3) is 0.125. The minimum Gasteiger partial charge on any atom is -0.477 e. The second-order valence-electron chi connectivity index (χ2n) is 4.41. The van der Waals surface area contributed by atoms with Crippen LogP contribution in [0.4, 0.5) is 0 Å². The molecule has 0 fully saturated rings. The first-order valence-corrected chi connectivity index (χ1v) is 7.06. The van der Waals surface area contributed by atoms with Gasteiger partial charge in [-0.3, -0.25) is 0 Å².